The molecule has 5 heteroatoms. The second-order valence-electron chi connectivity index (χ2n) is 12.3. The van der Waals surface area contributed by atoms with Crippen LogP contribution >= 0.6 is 0 Å². The van der Waals surface area contributed by atoms with E-state index >= 15 is 0 Å². The highest BCUT2D eigenvalue weighted by molar-refractivity contribution is 6.81. The van der Waals surface area contributed by atoms with Crippen molar-refractivity contribution in [3.8, 4) is 0 Å². The van der Waals surface area contributed by atoms with Gasteiger partial charge in [0.2, 0.25) is 0 Å². The lowest BCUT2D eigenvalue weighted by Crippen LogP contribution is -2.54. The molecule has 0 radical (unpaired) electrons. The van der Waals surface area contributed by atoms with Gasteiger partial charge in [0.1, 0.15) is 0 Å². The number of hydrogen-bond donors (Lipinski definition) is 0. The van der Waals surface area contributed by atoms with Gasteiger partial charge in [0.15, 0.2) is 0 Å². The Labute approximate surface area is 216 Å². The second kappa shape index (κ2) is 16.4. The van der Waals surface area contributed by atoms with Crippen molar-refractivity contribution >= 4 is 22.8 Å². The molecule has 34 heavy (non-hydrogen) atoms. The minimum absolute atomic E-state index is 0.344. The molecular formula is C29H62O3Si2. The Morgan fingerprint density at radius 3 is 1.06 bits per heavy atom. The van der Waals surface area contributed by atoms with Crippen LogP contribution in [0.3, 0.4) is 0 Å². The van der Waals surface area contributed by atoms with Crippen molar-refractivity contribution < 1.29 is 13.6 Å². The van der Waals surface area contributed by atoms with Gasteiger partial charge in [-0.2, -0.15) is 0 Å². The number of rotatable bonds is 18. The Balaban J connectivity index is 5.81. The van der Waals surface area contributed by atoms with Crippen LogP contribution < -0.4 is 0 Å². The van der Waals surface area contributed by atoms with Crippen LogP contribution in [0, 0.1) is 0 Å². The maximum atomic E-state index is 13.7. The molecule has 0 amide bonds. The third-order valence-corrected chi connectivity index (χ3v) is 20.6. The van der Waals surface area contributed by atoms with E-state index in [0.29, 0.717) is 33.2 Å². The summed E-state index contributed by atoms with van der Waals surface area (Å²) in [5, 5.41) is 0. The van der Waals surface area contributed by atoms with Crippen molar-refractivity contribution in [2.45, 2.75) is 181 Å². The molecule has 0 spiro atoms. The molecule has 0 aliphatic heterocycles. The first-order chi connectivity index (χ1) is 15.8. The van der Waals surface area contributed by atoms with Crippen molar-refractivity contribution in [2.24, 2.45) is 0 Å². The summed E-state index contributed by atoms with van der Waals surface area (Å²) in [6, 6.07) is 0. The molecule has 0 aliphatic carbocycles. The van der Waals surface area contributed by atoms with Crippen molar-refractivity contribution in [3.05, 3.63) is 0 Å². The molecule has 2 atom stereocenters. The maximum Gasteiger partial charge on any atom is 0.480 e. The molecular weight excluding hydrogens is 452 g/mol. The van der Waals surface area contributed by atoms with E-state index in [1.807, 2.05) is 0 Å². The fourth-order valence-electron chi connectivity index (χ4n) is 6.80. The summed E-state index contributed by atoms with van der Waals surface area (Å²) in [6.45, 7) is 27.4. The Morgan fingerprint density at radius 1 is 0.529 bits per heavy atom. The molecule has 0 fully saturated rings. The monoisotopic (exact) mass is 514 g/mol. The van der Waals surface area contributed by atoms with Crippen molar-refractivity contribution in [1.82, 2.24) is 0 Å². The summed E-state index contributed by atoms with van der Waals surface area (Å²) < 4.78 is 13.3. The van der Waals surface area contributed by atoms with E-state index in [2.05, 4.69) is 83.1 Å². The summed E-state index contributed by atoms with van der Waals surface area (Å²) in [7, 11) is -4.74. The third-order valence-electron chi connectivity index (χ3n) is 8.65. The molecule has 0 aliphatic rings. The predicted octanol–water partition coefficient (Wildman–Crippen LogP) is 11.4. The van der Waals surface area contributed by atoms with E-state index < -0.39 is 16.6 Å². The summed E-state index contributed by atoms with van der Waals surface area (Å²) in [5.74, 6) is 0. The fourth-order valence-corrected chi connectivity index (χ4v) is 17.4. The highest BCUT2D eigenvalue weighted by atomic mass is 28.4. The normalized spacial score (nSPS) is 14.8. The van der Waals surface area contributed by atoms with Crippen LogP contribution in [0.2, 0.25) is 33.2 Å². The molecule has 204 valence electrons. The molecule has 0 N–H and O–H groups in total. The molecule has 0 aromatic heterocycles. The van der Waals surface area contributed by atoms with Gasteiger partial charge in [0, 0.05) is 0 Å². The van der Waals surface area contributed by atoms with Gasteiger partial charge in [-0.25, -0.2) is 4.79 Å². The maximum absolute atomic E-state index is 13.7. The van der Waals surface area contributed by atoms with Gasteiger partial charge < -0.3 is 8.85 Å². The standard InChI is InChI=1S/C29H62O3Si2/c1-13-15-17-19-21-27(11)33(23(3)4,24(5)6)31-29(30)32-34(25(7)8,26(9)10)28(12)22-20-18-16-14-2/h23-28H,13-22H2,1-12H3. The molecule has 0 aromatic rings. The highest BCUT2D eigenvalue weighted by Crippen LogP contribution is 2.48. The Morgan fingerprint density at radius 2 is 0.824 bits per heavy atom. The SMILES string of the molecule is CCCCCCC(C)[Si](OC(=O)O[Si](C(C)C)(C(C)C)C(C)CCCCCC)(C(C)C)C(C)C. The number of unbranched alkanes of at least 4 members (excludes halogenated alkanes) is 6. The highest BCUT2D eigenvalue weighted by Gasteiger charge is 2.54. The zero-order valence-corrected chi connectivity index (χ0v) is 27.3. The van der Waals surface area contributed by atoms with Crippen LogP contribution in [0.4, 0.5) is 4.79 Å². The molecule has 0 saturated heterocycles. The largest absolute Gasteiger partial charge is 0.489 e. The second-order valence-corrected chi connectivity index (χ2v) is 22.7. The topological polar surface area (TPSA) is 35.5 Å². The first-order valence-electron chi connectivity index (χ1n) is 14.8. The zero-order chi connectivity index (χ0) is 26.5. The summed E-state index contributed by atoms with van der Waals surface area (Å²) in [6.07, 6.45) is 12.1. The number of carbonyl (C=O) groups is 1. The smallest absolute Gasteiger partial charge is 0.480 e. The zero-order valence-electron chi connectivity index (χ0n) is 25.3. The van der Waals surface area contributed by atoms with E-state index in [-0.39, 0.29) is 6.16 Å². The fraction of sp³-hybridized carbons (Fsp3) is 0.966. The minimum Gasteiger partial charge on any atom is -0.489 e. The van der Waals surface area contributed by atoms with Crippen molar-refractivity contribution in [3.63, 3.8) is 0 Å². The molecule has 0 rings (SSSR count). The summed E-state index contributed by atoms with van der Waals surface area (Å²) in [5.41, 5.74) is 2.39. The van der Waals surface area contributed by atoms with Crippen LogP contribution in [0.15, 0.2) is 0 Å². The summed E-state index contributed by atoms with van der Waals surface area (Å²) in [4.78, 5) is 13.7. The average molecular weight is 515 g/mol. The van der Waals surface area contributed by atoms with E-state index in [1.165, 1.54) is 51.4 Å². The van der Waals surface area contributed by atoms with Gasteiger partial charge in [0.05, 0.1) is 0 Å². The summed E-state index contributed by atoms with van der Waals surface area (Å²) >= 11 is 0. The lowest BCUT2D eigenvalue weighted by atomic mass is 10.1. The van der Waals surface area contributed by atoms with Crippen molar-refractivity contribution in [1.29, 1.82) is 0 Å². The van der Waals surface area contributed by atoms with Gasteiger partial charge in [-0.1, -0.05) is 134 Å². The molecule has 0 bridgehead atoms. The van der Waals surface area contributed by atoms with Crippen LogP contribution in [0.1, 0.15) is 147 Å². The number of hydrogen-bond acceptors (Lipinski definition) is 3. The van der Waals surface area contributed by atoms with E-state index in [9.17, 15) is 4.79 Å². The van der Waals surface area contributed by atoms with Gasteiger partial charge in [0.25, 0.3) is 16.6 Å². The van der Waals surface area contributed by atoms with Gasteiger partial charge in [-0.15, -0.1) is 0 Å². The quantitative estimate of drug-likeness (QED) is 0.135. The van der Waals surface area contributed by atoms with Crippen molar-refractivity contribution in [2.75, 3.05) is 0 Å². The molecule has 2 unspecified atom stereocenters. The molecule has 0 aromatic carbocycles. The molecule has 3 nitrogen and oxygen atoms in total. The van der Waals surface area contributed by atoms with E-state index in [4.69, 9.17) is 8.85 Å². The van der Waals surface area contributed by atoms with Crippen LogP contribution in [-0.2, 0) is 8.85 Å². The van der Waals surface area contributed by atoms with E-state index in [0.717, 1.165) is 12.8 Å². The average Bonchev–Trinajstić information content (AvgIpc) is 2.74. The van der Waals surface area contributed by atoms with Gasteiger partial charge in [-0.05, 0) is 46.1 Å². The molecule has 0 saturated carbocycles. The lowest BCUT2D eigenvalue weighted by Gasteiger charge is -2.46. The van der Waals surface area contributed by atoms with Crippen LogP contribution in [0.25, 0.3) is 0 Å². The van der Waals surface area contributed by atoms with Crippen LogP contribution in [-0.4, -0.2) is 22.8 Å². The molecule has 0 heterocycles. The Kier molecular flexibility index (Phi) is 16.3. The minimum atomic E-state index is -2.37. The number of carbonyl (C=O) groups excluding carboxylic acids is 1. The lowest BCUT2D eigenvalue weighted by molar-refractivity contribution is 0.136. The first kappa shape index (κ1) is 33.7. The third kappa shape index (κ3) is 8.98. The Hall–Kier alpha value is -0.296. The van der Waals surface area contributed by atoms with E-state index in [1.54, 1.807) is 0 Å². The Bertz CT molecular complexity index is 483. The predicted molar refractivity (Wildman–Crippen MR) is 156 cm³/mol. The van der Waals surface area contributed by atoms with Gasteiger partial charge >= 0.3 is 6.16 Å². The first-order valence-corrected chi connectivity index (χ1v) is 19.0. The van der Waals surface area contributed by atoms with Gasteiger partial charge in [-0.3, -0.25) is 0 Å². The van der Waals surface area contributed by atoms with Crippen LogP contribution in [0.5, 0.6) is 0 Å².